The zero-order valence-corrected chi connectivity index (χ0v) is 19.4. The number of carbonyl (C=O) groups is 2. The maximum Gasteiger partial charge on any atom is 0.251 e. The molecule has 1 saturated heterocycles. The van der Waals surface area contributed by atoms with Crippen LogP contribution in [-0.4, -0.2) is 48.9 Å². The van der Waals surface area contributed by atoms with E-state index in [9.17, 15) is 9.59 Å². The molecule has 1 saturated carbocycles. The average molecular weight is 513 g/mol. The molecular weight excluding hydrogens is 481 g/mol. The average Bonchev–Trinajstić information content (AvgIpc) is 3.33. The third kappa shape index (κ3) is 6.32. The monoisotopic (exact) mass is 513 g/mol. The van der Waals surface area contributed by atoms with Crippen molar-refractivity contribution in [3.63, 3.8) is 0 Å². The van der Waals surface area contributed by atoms with Gasteiger partial charge in [-0.15, -0.1) is 24.0 Å². The molecule has 2 fully saturated rings. The van der Waals surface area contributed by atoms with E-state index in [1.54, 1.807) is 12.1 Å². The molecule has 3 rings (SSSR count). The van der Waals surface area contributed by atoms with E-state index < -0.39 is 5.91 Å². The van der Waals surface area contributed by atoms with Gasteiger partial charge in [-0.25, -0.2) is 4.99 Å². The minimum Gasteiger partial charge on any atom is -0.368 e. The van der Waals surface area contributed by atoms with Gasteiger partial charge in [-0.05, 0) is 49.3 Å². The molecule has 0 aromatic heterocycles. The first kappa shape index (κ1) is 23.4. The Hall–Kier alpha value is -1.84. The fourth-order valence-corrected chi connectivity index (χ4v) is 4.27. The second-order valence-electron chi connectivity index (χ2n) is 7.89. The molecule has 4 N–H and O–H groups in total. The normalized spacial score (nSPS) is 17.8. The number of nitrogens with two attached hydrogens (primary N) is 1. The van der Waals surface area contributed by atoms with Crippen molar-refractivity contribution in [3.8, 4) is 0 Å². The molecule has 2 aliphatic rings. The molecule has 160 valence electrons. The summed E-state index contributed by atoms with van der Waals surface area (Å²) in [5, 5.41) is 5.91. The fraction of sp³-hybridized carbons (Fsp3) is 0.571. The number of nitrogens with zero attached hydrogens (tertiary/aromatic N) is 2. The number of nitrogens with one attached hydrogen (secondary N) is 2. The van der Waals surface area contributed by atoms with Crippen molar-refractivity contribution in [2.45, 2.75) is 45.6 Å². The summed E-state index contributed by atoms with van der Waals surface area (Å²) >= 11 is 0. The highest BCUT2D eigenvalue weighted by molar-refractivity contribution is 14.0. The Balaban J connectivity index is 0.00000300. The van der Waals surface area contributed by atoms with Crippen LogP contribution < -0.4 is 16.4 Å². The minimum atomic E-state index is -0.559. The van der Waals surface area contributed by atoms with Crippen molar-refractivity contribution in [3.05, 3.63) is 35.4 Å². The van der Waals surface area contributed by atoms with Gasteiger partial charge in [0.25, 0.3) is 5.91 Å². The number of aliphatic imine (C=N–C) groups is 1. The van der Waals surface area contributed by atoms with Crippen molar-refractivity contribution < 1.29 is 9.59 Å². The van der Waals surface area contributed by atoms with Gasteiger partial charge in [-0.2, -0.15) is 0 Å². The summed E-state index contributed by atoms with van der Waals surface area (Å²) in [7, 11) is 0. The summed E-state index contributed by atoms with van der Waals surface area (Å²) in [5.74, 6) is 0.118. The van der Waals surface area contributed by atoms with Crippen LogP contribution in [0.25, 0.3) is 0 Å². The molecule has 2 amide bonds. The first-order valence-corrected chi connectivity index (χ1v) is 10.2. The number of amides is 2. The molecule has 0 atom stereocenters. The molecule has 1 spiro atoms. The van der Waals surface area contributed by atoms with Crippen LogP contribution in [0.1, 0.15) is 54.9 Å². The summed E-state index contributed by atoms with van der Waals surface area (Å²) in [5.41, 5.74) is 7.10. The molecule has 1 aromatic carbocycles. The predicted molar refractivity (Wildman–Crippen MR) is 125 cm³/mol. The highest BCUT2D eigenvalue weighted by Gasteiger charge is 2.41. The van der Waals surface area contributed by atoms with E-state index in [1.165, 1.54) is 32.1 Å². The Labute approximate surface area is 189 Å². The second kappa shape index (κ2) is 10.8. The summed E-state index contributed by atoms with van der Waals surface area (Å²) in [6.45, 7) is 5.53. The van der Waals surface area contributed by atoms with Crippen LogP contribution in [0.5, 0.6) is 0 Å². The van der Waals surface area contributed by atoms with Gasteiger partial charge in [0.05, 0.1) is 13.1 Å². The SMILES string of the molecule is CCNC(=NCc1ccc(C(=O)NCC(N)=O)cc1)N1CCC2(CCCC2)C1.I. The maximum atomic E-state index is 11.9. The highest BCUT2D eigenvalue weighted by atomic mass is 127. The lowest BCUT2D eigenvalue weighted by molar-refractivity contribution is -0.117. The molecule has 7 nitrogen and oxygen atoms in total. The van der Waals surface area contributed by atoms with Crippen LogP contribution in [0.2, 0.25) is 0 Å². The quantitative estimate of drug-likeness (QED) is 0.309. The standard InChI is InChI=1S/C21H31N5O2.HI/c1-2-23-20(26-12-11-21(15-26)9-3-4-10-21)25-13-16-5-7-17(8-6-16)19(28)24-14-18(22)27;/h5-8H,2-4,9-15H2,1H3,(H2,22,27)(H,23,25)(H,24,28);1H. The van der Waals surface area contributed by atoms with E-state index >= 15 is 0 Å². The molecule has 1 heterocycles. The third-order valence-electron chi connectivity index (χ3n) is 5.79. The van der Waals surface area contributed by atoms with Gasteiger partial charge in [-0.3, -0.25) is 9.59 Å². The molecule has 8 heteroatoms. The van der Waals surface area contributed by atoms with Crippen LogP contribution in [0.4, 0.5) is 0 Å². The second-order valence-corrected chi connectivity index (χ2v) is 7.89. The van der Waals surface area contributed by atoms with E-state index in [2.05, 4.69) is 22.5 Å². The van der Waals surface area contributed by atoms with Crippen LogP contribution in [0.3, 0.4) is 0 Å². The third-order valence-corrected chi connectivity index (χ3v) is 5.79. The van der Waals surface area contributed by atoms with Gasteiger partial charge in [0.2, 0.25) is 5.91 Å². The van der Waals surface area contributed by atoms with Gasteiger partial charge in [0, 0.05) is 25.2 Å². The molecule has 1 aliphatic carbocycles. The lowest BCUT2D eigenvalue weighted by Crippen LogP contribution is -2.41. The Morgan fingerprint density at radius 2 is 1.83 bits per heavy atom. The van der Waals surface area contributed by atoms with E-state index in [1.807, 2.05) is 12.1 Å². The van der Waals surface area contributed by atoms with E-state index in [-0.39, 0.29) is 36.4 Å². The number of carbonyl (C=O) groups excluding carboxylic acids is 2. The predicted octanol–water partition coefficient (Wildman–Crippen LogP) is 2.25. The molecule has 1 aliphatic heterocycles. The van der Waals surface area contributed by atoms with Crippen LogP contribution in [-0.2, 0) is 11.3 Å². The summed E-state index contributed by atoms with van der Waals surface area (Å²) in [6, 6.07) is 7.29. The molecule has 0 bridgehead atoms. The van der Waals surface area contributed by atoms with Crippen molar-refractivity contribution in [1.29, 1.82) is 0 Å². The number of benzene rings is 1. The zero-order valence-electron chi connectivity index (χ0n) is 17.1. The Kier molecular flexibility index (Phi) is 8.73. The van der Waals surface area contributed by atoms with Crippen LogP contribution in [0.15, 0.2) is 29.3 Å². The van der Waals surface area contributed by atoms with Crippen molar-refractivity contribution >= 4 is 41.8 Å². The highest BCUT2D eigenvalue weighted by Crippen LogP contribution is 2.45. The maximum absolute atomic E-state index is 11.9. The number of hydrogen-bond acceptors (Lipinski definition) is 3. The van der Waals surface area contributed by atoms with E-state index in [0.717, 1.165) is 31.2 Å². The van der Waals surface area contributed by atoms with Gasteiger partial charge in [0.15, 0.2) is 5.96 Å². The van der Waals surface area contributed by atoms with Crippen LogP contribution in [0, 0.1) is 5.41 Å². The minimum absolute atomic E-state index is 0. The lowest BCUT2D eigenvalue weighted by atomic mass is 9.86. The van der Waals surface area contributed by atoms with Gasteiger partial charge in [0.1, 0.15) is 0 Å². The van der Waals surface area contributed by atoms with Gasteiger partial charge >= 0.3 is 0 Å². The molecule has 1 aromatic rings. The van der Waals surface area contributed by atoms with Crippen molar-refractivity contribution in [1.82, 2.24) is 15.5 Å². The number of guanidine groups is 1. The molecule has 29 heavy (non-hydrogen) atoms. The van der Waals surface area contributed by atoms with E-state index in [0.29, 0.717) is 17.5 Å². The number of primary amides is 1. The van der Waals surface area contributed by atoms with Crippen LogP contribution >= 0.6 is 24.0 Å². The first-order valence-electron chi connectivity index (χ1n) is 10.2. The molecule has 0 radical (unpaired) electrons. The lowest BCUT2D eigenvalue weighted by Gasteiger charge is -2.26. The Morgan fingerprint density at radius 1 is 1.14 bits per heavy atom. The molecular formula is C21H32IN5O2. The summed E-state index contributed by atoms with van der Waals surface area (Å²) in [4.78, 5) is 29.9. The van der Waals surface area contributed by atoms with Gasteiger partial charge in [-0.1, -0.05) is 25.0 Å². The number of hydrogen-bond donors (Lipinski definition) is 3. The van der Waals surface area contributed by atoms with Crippen molar-refractivity contribution in [2.75, 3.05) is 26.2 Å². The van der Waals surface area contributed by atoms with Crippen molar-refractivity contribution in [2.24, 2.45) is 16.1 Å². The number of rotatable bonds is 6. The topological polar surface area (TPSA) is 99.8 Å². The first-order chi connectivity index (χ1) is 13.5. The van der Waals surface area contributed by atoms with E-state index in [4.69, 9.17) is 10.7 Å². The Bertz CT molecular complexity index is 729. The largest absolute Gasteiger partial charge is 0.368 e. The summed E-state index contributed by atoms with van der Waals surface area (Å²) in [6.07, 6.45) is 6.69. The number of halogens is 1. The fourth-order valence-electron chi connectivity index (χ4n) is 4.27. The Morgan fingerprint density at radius 3 is 2.45 bits per heavy atom. The summed E-state index contributed by atoms with van der Waals surface area (Å²) < 4.78 is 0. The smallest absolute Gasteiger partial charge is 0.251 e. The molecule has 0 unspecified atom stereocenters. The number of likely N-dealkylation sites (tertiary alicyclic amines) is 1. The zero-order chi connectivity index (χ0) is 20.0. The van der Waals surface area contributed by atoms with Gasteiger partial charge < -0.3 is 21.3 Å².